The predicted octanol–water partition coefficient (Wildman–Crippen LogP) is 1.25. The van der Waals surface area contributed by atoms with E-state index in [1.165, 1.54) is 5.56 Å². The standard InChI is InChI=1S/C14H18N2O2/c17-9-12-2-1-7-16(12)14(18)11-3-4-13-10(8-11)5-6-15-13/h3-4,8,12,15,17H,1-2,5-7,9H2/t12-/m1/s1. The highest BCUT2D eigenvalue weighted by atomic mass is 16.3. The molecule has 0 unspecified atom stereocenters. The van der Waals surface area contributed by atoms with Crippen molar-refractivity contribution in [3.8, 4) is 0 Å². The number of amides is 1. The summed E-state index contributed by atoms with van der Waals surface area (Å²) in [5, 5.41) is 12.6. The Balaban J connectivity index is 1.84. The molecule has 2 heterocycles. The van der Waals surface area contributed by atoms with Gasteiger partial charge in [0.15, 0.2) is 0 Å². The van der Waals surface area contributed by atoms with Gasteiger partial charge in [0.2, 0.25) is 0 Å². The van der Waals surface area contributed by atoms with Crippen LogP contribution in [0.5, 0.6) is 0 Å². The van der Waals surface area contributed by atoms with Gasteiger partial charge >= 0.3 is 0 Å². The first-order valence-corrected chi connectivity index (χ1v) is 6.58. The minimum absolute atomic E-state index is 0.00359. The van der Waals surface area contributed by atoms with E-state index < -0.39 is 0 Å². The number of aliphatic hydroxyl groups is 1. The van der Waals surface area contributed by atoms with Crippen LogP contribution in [0.4, 0.5) is 5.69 Å². The molecule has 1 fully saturated rings. The normalized spacial score (nSPS) is 21.8. The van der Waals surface area contributed by atoms with Gasteiger partial charge in [0.05, 0.1) is 12.6 Å². The summed E-state index contributed by atoms with van der Waals surface area (Å²) in [6.45, 7) is 1.79. The molecule has 2 aliphatic rings. The summed E-state index contributed by atoms with van der Waals surface area (Å²) in [4.78, 5) is 14.2. The molecule has 18 heavy (non-hydrogen) atoms. The second-order valence-corrected chi connectivity index (χ2v) is 5.03. The first-order valence-electron chi connectivity index (χ1n) is 6.58. The number of hydrogen-bond acceptors (Lipinski definition) is 3. The van der Waals surface area contributed by atoms with Gasteiger partial charge in [-0.3, -0.25) is 4.79 Å². The quantitative estimate of drug-likeness (QED) is 0.826. The Hall–Kier alpha value is -1.55. The van der Waals surface area contributed by atoms with E-state index in [9.17, 15) is 9.90 Å². The lowest BCUT2D eigenvalue weighted by Crippen LogP contribution is -2.37. The van der Waals surface area contributed by atoms with Gasteiger partial charge in [-0.25, -0.2) is 0 Å². The van der Waals surface area contributed by atoms with E-state index >= 15 is 0 Å². The van der Waals surface area contributed by atoms with E-state index in [2.05, 4.69) is 5.32 Å². The fraction of sp³-hybridized carbons (Fsp3) is 0.500. The highest BCUT2D eigenvalue weighted by Crippen LogP contribution is 2.25. The summed E-state index contributed by atoms with van der Waals surface area (Å²) < 4.78 is 0. The third-order valence-electron chi connectivity index (χ3n) is 3.91. The van der Waals surface area contributed by atoms with Crippen LogP contribution in [-0.4, -0.2) is 41.7 Å². The fourth-order valence-corrected chi connectivity index (χ4v) is 2.90. The molecule has 1 aromatic carbocycles. The molecular weight excluding hydrogens is 228 g/mol. The number of rotatable bonds is 2. The molecule has 2 aliphatic heterocycles. The van der Waals surface area contributed by atoms with Gasteiger partial charge in [0, 0.05) is 24.3 Å². The summed E-state index contributed by atoms with van der Waals surface area (Å²) in [5.41, 5.74) is 3.12. The van der Waals surface area contributed by atoms with Crippen LogP contribution in [0.1, 0.15) is 28.8 Å². The lowest BCUT2D eigenvalue weighted by Gasteiger charge is -2.23. The topological polar surface area (TPSA) is 52.6 Å². The van der Waals surface area contributed by atoms with Crippen molar-refractivity contribution in [2.24, 2.45) is 0 Å². The predicted molar refractivity (Wildman–Crippen MR) is 69.8 cm³/mol. The molecule has 0 radical (unpaired) electrons. The summed E-state index contributed by atoms with van der Waals surface area (Å²) >= 11 is 0. The average Bonchev–Trinajstić information content (AvgIpc) is 3.05. The molecule has 0 aliphatic carbocycles. The number of likely N-dealkylation sites (tertiary alicyclic amines) is 1. The number of carbonyl (C=O) groups is 1. The summed E-state index contributed by atoms with van der Waals surface area (Å²) in [6.07, 6.45) is 2.89. The number of anilines is 1. The van der Waals surface area contributed by atoms with E-state index in [4.69, 9.17) is 0 Å². The molecular formula is C14H18N2O2. The second-order valence-electron chi connectivity index (χ2n) is 5.03. The van der Waals surface area contributed by atoms with Gasteiger partial charge in [0.1, 0.15) is 0 Å². The third-order valence-corrected chi connectivity index (χ3v) is 3.91. The highest BCUT2D eigenvalue weighted by molar-refractivity contribution is 5.95. The molecule has 96 valence electrons. The van der Waals surface area contributed by atoms with Crippen LogP contribution in [0.25, 0.3) is 0 Å². The molecule has 1 saturated heterocycles. The van der Waals surface area contributed by atoms with Gasteiger partial charge in [-0.2, -0.15) is 0 Å². The maximum atomic E-state index is 12.4. The third kappa shape index (κ3) is 1.86. The minimum atomic E-state index is 0.00359. The Bertz CT molecular complexity index is 473. The number of hydrogen-bond donors (Lipinski definition) is 2. The second kappa shape index (κ2) is 4.61. The van der Waals surface area contributed by atoms with Gasteiger partial charge in [-0.05, 0) is 43.0 Å². The SMILES string of the molecule is O=C(c1ccc2c(c1)CCN2)N1CCC[C@@H]1CO. The van der Waals surface area contributed by atoms with Crippen LogP contribution in [-0.2, 0) is 6.42 Å². The zero-order valence-electron chi connectivity index (χ0n) is 10.4. The number of nitrogens with zero attached hydrogens (tertiary/aromatic N) is 1. The molecule has 1 atom stereocenters. The summed E-state index contributed by atoms with van der Waals surface area (Å²) in [6, 6.07) is 5.86. The van der Waals surface area contributed by atoms with Crippen molar-refractivity contribution in [1.82, 2.24) is 4.90 Å². The summed E-state index contributed by atoms with van der Waals surface area (Å²) in [7, 11) is 0. The van der Waals surface area contributed by atoms with Crippen molar-refractivity contribution in [2.75, 3.05) is 25.0 Å². The van der Waals surface area contributed by atoms with Gasteiger partial charge in [-0.15, -0.1) is 0 Å². The van der Waals surface area contributed by atoms with E-state index in [-0.39, 0.29) is 18.6 Å². The molecule has 1 amide bonds. The van der Waals surface area contributed by atoms with Crippen LogP contribution in [0, 0.1) is 0 Å². The zero-order chi connectivity index (χ0) is 12.5. The Kier molecular flexibility index (Phi) is 2.96. The number of benzene rings is 1. The molecule has 0 saturated carbocycles. The molecule has 0 bridgehead atoms. The van der Waals surface area contributed by atoms with Crippen LogP contribution >= 0.6 is 0 Å². The largest absolute Gasteiger partial charge is 0.394 e. The maximum Gasteiger partial charge on any atom is 0.254 e. The van der Waals surface area contributed by atoms with Gasteiger partial charge in [0.25, 0.3) is 5.91 Å². The van der Waals surface area contributed by atoms with Crippen molar-refractivity contribution in [3.63, 3.8) is 0 Å². The molecule has 4 heteroatoms. The summed E-state index contributed by atoms with van der Waals surface area (Å²) in [5.74, 6) is 0.0567. The van der Waals surface area contributed by atoms with E-state index in [1.54, 1.807) is 0 Å². The fourth-order valence-electron chi connectivity index (χ4n) is 2.90. The van der Waals surface area contributed by atoms with Crippen molar-refractivity contribution >= 4 is 11.6 Å². The Morgan fingerprint density at radius 2 is 2.39 bits per heavy atom. The van der Waals surface area contributed by atoms with Gasteiger partial charge < -0.3 is 15.3 Å². The first kappa shape index (κ1) is 11.5. The molecule has 0 aromatic heterocycles. The molecule has 0 spiro atoms. The zero-order valence-corrected chi connectivity index (χ0v) is 10.4. The number of aliphatic hydroxyl groups excluding tert-OH is 1. The van der Waals surface area contributed by atoms with Crippen LogP contribution < -0.4 is 5.32 Å². The molecule has 3 rings (SSSR count). The molecule has 4 nitrogen and oxygen atoms in total. The first-order chi connectivity index (χ1) is 8.79. The number of nitrogens with one attached hydrogen (secondary N) is 1. The average molecular weight is 246 g/mol. The number of fused-ring (bicyclic) bond motifs is 1. The Morgan fingerprint density at radius 3 is 3.22 bits per heavy atom. The molecule has 2 N–H and O–H groups in total. The highest BCUT2D eigenvalue weighted by Gasteiger charge is 2.29. The smallest absolute Gasteiger partial charge is 0.254 e. The van der Waals surface area contributed by atoms with Crippen LogP contribution in [0.3, 0.4) is 0 Å². The van der Waals surface area contributed by atoms with E-state index in [0.29, 0.717) is 0 Å². The van der Waals surface area contributed by atoms with Crippen LogP contribution in [0.2, 0.25) is 0 Å². The van der Waals surface area contributed by atoms with Crippen LogP contribution in [0.15, 0.2) is 18.2 Å². The van der Waals surface area contributed by atoms with Crippen molar-refractivity contribution in [1.29, 1.82) is 0 Å². The van der Waals surface area contributed by atoms with Crippen molar-refractivity contribution < 1.29 is 9.90 Å². The van der Waals surface area contributed by atoms with Crippen molar-refractivity contribution in [2.45, 2.75) is 25.3 Å². The number of carbonyl (C=O) groups excluding carboxylic acids is 1. The van der Waals surface area contributed by atoms with E-state index in [0.717, 1.165) is 43.6 Å². The maximum absolute atomic E-state index is 12.4. The molecule has 1 aromatic rings. The van der Waals surface area contributed by atoms with E-state index in [1.807, 2.05) is 23.1 Å². The lowest BCUT2D eigenvalue weighted by molar-refractivity contribution is 0.0677. The monoisotopic (exact) mass is 246 g/mol. The minimum Gasteiger partial charge on any atom is -0.394 e. The van der Waals surface area contributed by atoms with Gasteiger partial charge in [-0.1, -0.05) is 0 Å². The Labute approximate surface area is 107 Å². The lowest BCUT2D eigenvalue weighted by atomic mass is 10.1. The Morgan fingerprint density at radius 1 is 1.50 bits per heavy atom. The van der Waals surface area contributed by atoms with Crippen molar-refractivity contribution in [3.05, 3.63) is 29.3 Å².